The first-order valence-electron chi connectivity index (χ1n) is 5.52. The van der Waals surface area contributed by atoms with E-state index in [1.807, 2.05) is 0 Å². The van der Waals surface area contributed by atoms with E-state index in [-0.39, 0.29) is 11.5 Å². The number of alkyl halides is 4. The summed E-state index contributed by atoms with van der Waals surface area (Å²) in [5.74, 6) is -0.347. The van der Waals surface area contributed by atoms with Crippen LogP contribution in [0.1, 0.15) is 13.3 Å². The highest BCUT2D eigenvalue weighted by atomic mass is 35.5. The maximum Gasteiger partial charge on any atom is 0.416 e. The van der Waals surface area contributed by atoms with Gasteiger partial charge in [-0.1, -0.05) is 12.2 Å². The van der Waals surface area contributed by atoms with E-state index in [1.54, 1.807) is 0 Å². The molecule has 3 atom stereocenters. The molecule has 8 heteroatoms. The van der Waals surface area contributed by atoms with Gasteiger partial charge in [0.2, 0.25) is 0 Å². The number of fused-ring (bicyclic) bond motifs is 1. The lowest BCUT2D eigenvalue weighted by Gasteiger charge is -2.24. The molecule has 0 spiro atoms. The Bertz CT molecular complexity index is 564. The summed E-state index contributed by atoms with van der Waals surface area (Å²) >= 11 is 6.08. The lowest BCUT2D eigenvalue weighted by molar-refractivity contribution is -0.0911. The molecule has 1 fully saturated rings. The van der Waals surface area contributed by atoms with Crippen LogP contribution in [0.2, 0.25) is 0 Å². The van der Waals surface area contributed by atoms with Gasteiger partial charge in [-0.05, 0) is 18.9 Å². The van der Waals surface area contributed by atoms with Crippen molar-refractivity contribution in [2.75, 3.05) is 6.26 Å². The third-order valence-corrected chi connectivity index (χ3v) is 4.31. The van der Waals surface area contributed by atoms with Crippen LogP contribution in [0.4, 0.5) is 13.2 Å². The maximum absolute atomic E-state index is 12.9. The van der Waals surface area contributed by atoms with Gasteiger partial charge in [0, 0.05) is 5.92 Å². The third kappa shape index (κ3) is 3.14. The van der Waals surface area contributed by atoms with Crippen LogP contribution in [0, 0.1) is 5.92 Å². The molecule has 0 aliphatic heterocycles. The molecule has 108 valence electrons. The molecule has 2 aliphatic carbocycles. The highest BCUT2D eigenvalue weighted by molar-refractivity contribution is 7.86. The zero-order chi connectivity index (χ0) is 14.6. The van der Waals surface area contributed by atoms with Gasteiger partial charge < -0.3 is 0 Å². The lowest BCUT2D eigenvalue weighted by atomic mass is 9.93. The van der Waals surface area contributed by atoms with Crippen LogP contribution in [0.15, 0.2) is 23.3 Å². The van der Waals surface area contributed by atoms with Crippen LogP contribution in [0.3, 0.4) is 0 Å². The van der Waals surface area contributed by atoms with E-state index in [1.165, 1.54) is 13.0 Å². The van der Waals surface area contributed by atoms with Gasteiger partial charge in [-0.3, -0.25) is 4.18 Å². The molecule has 19 heavy (non-hydrogen) atoms. The van der Waals surface area contributed by atoms with Gasteiger partial charge in [0.15, 0.2) is 0 Å². The van der Waals surface area contributed by atoms with Crippen LogP contribution in [-0.4, -0.2) is 31.8 Å². The number of hydrogen-bond acceptors (Lipinski definition) is 3. The average molecular weight is 317 g/mol. The smallest absolute Gasteiger partial charge is 0.262 e. The van der Waals surface area contributed by atoms with Crippen molar-refractivity contribution in [3.05, 3.63) is 23.3 Å². The van der Waals surface area contributed by atoms with Gasteiger partial charge in [0.25, 0.3) is 10.1 Å². The first kappa shape index (κ1) is 14.9. The predicted molar refractivity (Wildman–Crippen MR) is 64.3 cm³/mol. The summed E-state index contributed by atoms with van der Waals surface area (Å²) in [6, 6.07) is 0. The van der Waals surface area contributed by atoms with Crippen molar-refractivity contribution in [2.24, 2.45) is 5.92 Å². The molecule has 0 aromatic heterocycles. The molecule has 0 heterocycles. The highest BCUT2D eigenvalue weighted by Gasteiger charge is 2.55. The van der Waals surface area contributed by atoms with Crippen LogP contribution in [-0.2, 0) is 14.3 Å². The number of rotatable bonds is 3. The van der Waals surface area contributed by atoms with E-state index in [0.29, 0.717) is 6.42 Å². The molecule has 0 aromatic rings. The Hall–Kier alpha value is -0.530. The monoisotopic (exact) mass is 316 g/mol. The van der Waals surface area contributed by atoms with Gasteiger partial charge in [-0.2, -0.15) is 21.6 Å². The van der Waals surface area contributed by atoms with E-state index in [4.69, 9.17) is 11.6 Å². The predicted octanol–water partition coefficient (Wildman–Crippen LogP) is 2.78. The fourth-order valence-corrected chi connectivity index (χ4v) is 3.16. The van der Waals surface area contributed by atoms with Crippen molar-refractivity contribution in [3.8, 4) is 0 Å². The Morgan fingerprint density at radius 3 is 2.58 bits per heavy atom. The highest BCUT2D eigenvalue weighted by Crippen LogP contribution is 2.57. The molecule has 1 saturated carbocycles. The Morgan fingerprint density at radius 2 is 2.11 bits per heavy atom. The zero-order valence-corrected chi connectivity index (χ0v) is 11.7. The summed E-state index contributed by atoms with van der Waals surface area (Å²) in [6.45, 7) is 1.26. The van der Waals surface area contributed by atoms with Crippen LogP contribution >= 0.6 is 11.6 Å². The number of halogens is 4. The van der Waals surface area contributed by atoms with Gasteiger partial charge in [-0.15, -0.1) is 11.6 Å². The van der Waals surface area contributed by atoms with Gasteiger partial charge in [0.05, 0.1) is 22.8 Å². The molecule has 2 rings (SSSR count). The van der Waals surface area contributed by atoms with Crippen molar-refractivity contribution >= 4 is 21.7 Å². The fraction of sp³-hybridized carbons (Fsp3) is 0.636. The molecule has 0 radical (unpaired) electrons. The Balaban J connectivity index is 2.35. The average Bonchev–Trinajstić information content (AvgIpc) is 2.82. The number of hydrogen-bond donors (Lipinski definition) is 0. The van der Waals surface area contributed by atoms with Crippen molar-refractivity contribution in [2.45, 2.75) is 30.5 Å². The molecular weight excluding hydrogens is 305 g/mol. The second kappa shape index (κ2) is 4.23. The molecule has 0 saturated heterocycles. The summed E-state index contributed by atoms with van der Waals surface area (Å²) in [5, 5.41) is 0. The summed E-state index contributed by atoms with van der Waals surface area (Å²) in [6.07, 6.45) is -2.23. The molecule has 3 nitrogen and oxygen atoms in total. The zero-order valence-electron chi connectivity index (χ0n) is 10.2. The second-order valence-corrected chi connectivity index (χ2v) is 7.16. The van der Waals surface area contributed by atoms with E-state index in [9.17, 15) is 21.6 Å². The molecule has 0 amide bonds. The first-order chi connectivity index (χ1) is 8.42. The summed E-state index contributed by atoms with van der Waals surface area (Å²) in [7, 11) is -3.84. The quantitative estimate of drug-likeness (QED) is 0.594. The topological polar surface area (TPSA) is 43.4 Å². The third-order valence-electron chi connectivity index (χ3n) is 3.13. The largest absolute Gasteiger partial charge is 0.416 e. The molecule has 2 unspecified atom stereocenters. The Labute approximate surface area is 114 Å². The van der Waals surface area contributed by atoms with Crippen molar-refractivity contribution < 1.29 is 25.8 Å². The minimum Gasteiger partial charge on any atom is -0.262 e. The van der Waals surface area contributed by atoms with E-state index in [2.05, 4.69) is 4.18 Å². The van der Waals surface area contributed by atoms with Gasteiger partial charge in [0.1, 0.15) is 0 Å². The number of allylic oxidation sites excluding steroid dienone is 2. The van der Waals surface area contributed by atoms with Crippen LogP contribution < -0.4 is 0 Å². The van der Waals surface area contributed by atoms with E-state index in [0.717, 1.165) is 12.3 Å². The van der Waals surface area contributed by atoms with Crippen molar-refractivity contribution in [1.29, 1.82) is 0 Å². The minimum atomic E-state index is -4.55. The molecule has 0 N–H and O–H groups in total. The van der Waals surface area contributed by atoms with E-state index >= 15 is 0 Å². The Morgan fingerprint density at radius 1 is 1.53 bits per heavy atom. The minimum absolute atomic E-state index is 0.221. The van der Waals surface area contributed by atoms with Gasteiger partial charge >= 0.3 is 6.18 Å². The normalized spacial score (nSPS) is 32.2. The standard InChI is InChI=1S/C11H12ClF3O3S/c1-6(18-19(2,16)17)8-5-10(12)4-7(10)3-9(8)11(13,14)15/h3,5-7H,4H2,1-2H3/t6?,7?,10-/m1/s1. The molecular formula is C11H12ClF3O3S. The second-order valence-electron chi connectivity index (χ2n) is 4.86. The summed E-state index contributed by atoms with van der Waals surface area (Å²) < 4.78 is 65.5. The molecule has 0 aromatic carbocycles. The Kier molecular flexibility index (Phi) is 3.31. The SMILES string of the molecule is CC(OS(C)(=O)=O)C1=C[C@]2(Cl)CC2C=C1C(F)(F)F. The van der Waals surface area contributed by atoms with E-state index < -0.39 is 32.8 Å². The van der Waals surface area contributed by atoms with Gasteiger partial charge in [-0.25, -0.2) is 0 Å². The molecule has 0 bridgehead atoms. The lowest BCUT2D eigenvalue weighted by Crippen LogP contribution is -2.27. The maximum atomic E-state index is 12.9. The summed E-state index contributed by atoms with van der Waals surface area (Å²) in [5.41, 5.74) is -1.08. The van der Waals surface area contributed by atoms with Crippen LogP contribution in [0.5, 0.6) is 0 Å². The van der Waals surface area contributed by atoms with Crippen molar-refractivity contribution in [3.63, 3.8) is 0 Å². The first-order valence-corrected chi connectivity index (χ1v) is 7.71. The fourth-order valence-electron chi connectivity index (χ4n) is 2.18. The van der Waals surface area contributed by atoms with Crippen LogP contribution in [0.25, 0.3) is 0 Å². The summed E-state index contributed by atoms with van der Waals surface area (Å²) in [4.78, 5) is -0.820. The molecule has 2 aliphatic rings. The van der Waals surface area contributed by atoms with Crippen molar-refractivity contribution in [1.82, 2.24) is 0 Å².